The topological polar surface area (TPSA) is 29.1 Å². The number of carbonyl (C=O) groups excluding carboxylic acids is 1. The first-order chi connectivity index (χ1) is 8.16. The molecule has 2 heterocycles. The van der Waals surface area contributed by atoms with Crippen molar-refractivity contribution in [2.24, 2.45) is 0 Å². The van der Waals surface area contributed by atoms with E-state index in [0.29, 0.717) is 5.25 Å². The fourth-order valence-corrected chi connectivity index (χ4v) is 5.80. The van der Waals surface area contributed by atoms with Crippen molar-refractivity contribution in [1.29, 1.82) is 0 Å². The zero-order valence-corrected chi connectivity index (χ0v) is 14.0. The van der Waals surface area contributed by atoms with Gasteiger partial charge in [0.1, 0.15) is 0 Å². The van der Waals surface area contributed by atoms with Crippen LogP contribution in [0.4, 0.5) is 0 Å². The maximum absolute atomic E-state index is 12.0. The summed E-state index contributed by atoms with van der Waals surface area (Å²) < 4.78 is 1.86. The van der Waals surface area contributed by atoms with Crippen LogP contribution in [0.5, 0.6) is 0 Å². The minimum Gasteiger partial charge on any atom is -0.351 e. The van der Waals surface area contributed by atoms with Gasteiger partial charge in [0.15, 0.2) is 0 Å². The van der Waals surface area contributed by atoms with Gasteiger partial charge in [0.2, 0.25) is 0 Å². The van der Waals surface area contributed by atoms with E-state index in [1.807, 2.05) is 17.8 Å². The van der Waals surface area contributed by atoms with Gasteiger partial charge in [-0.05, 0) is 56.5 Å². The van der Waals surface area contributed by atoms with Crippen LogP contribution in [0, 0.1) is 0 Å². The molecule has 0 radical (unpaired) electrons. The lowest BCUT2D eigenvalue weighted by atomic mass is 10.2. The predicted molar refractivity (Wildman–Crippen MR) is 82.1 cm³/mol. The molecule has 1 aromatic heterocycles. The van der Waals surface area contributed by atoms with Crippen LogP contribution in [0.1, 0.15) is 29.6 Å². The summed E-state index contributed by atoms with van der Waals surface area (Å²) in [6, 6.07) is 1.86. The highest BCUT2D eigenvalue weighted by Crippen LogP contribution is 2.32. The number of carbonyl (C=O) groups is 1. The molecule has 1 atom stereocenters. The lowest BCUT2D eigenvalue weighted by Gasteiger charge is -2.21. The normalized spacial score (nSPS) is 20.2. The van der Waals surface area contributed by atoms with Crippen LogP contribution >= 0.6 is 55.0 Å². The first-order valence-corrected chi connectivity index (χ1v) is 8.96. The molecule has 1 saturated heterocycles. The molecule has 1 aromatic rings. The molecule has 1 aliphatic heterocycles. The smallest absolute Gasteiger partial charge is 0.253 e. The lowest BCUT2D eigenvalue weighted by Crippen LogP contribution is -2.31. The molecule has 1 amide bonds. The number of halogens is 2. The molecule has 1 fully saturated rings. The van der Waals surface area contributed by atoms with Gasteiger partial charge in [-0.2, -0.15) is 11.8 Å². The van der Waals surface area contributed by atoms with Crippen molar-refractivity contribution in [3.05, 3.63) is 19.2 Å². The Balaban J connectivity index is 1.86. The van der Waals surface area contributed by atoms with Gasteiger partial charge in [-0.15, -0.1) is 11.3 Å². The summed E-state index contributed by atoms with van der Waals surface area (Å²) in [5.41, 5.74) is 0.725. The van der Waals surface area contributed by atoms with Crippen LogP contribution in [0.3, 0.4) is 0 Å². The van der Waals surface area contributed by atoms with Crippen LogP contribution in [0.2, 0.25) is 0 Å². The number of hydrogen-bond donors (Lipinski definition) is 1. The Morgan fingerprint density at radius 1 is 1.47 bits per heavy atom. The van der Waals surface area contributed by atoms with Crippen molar-refractivity contribution >= 4 is 60.9 Å². The number of thiophene rings is 1. The number of amides is 1. The maximum Gasteiger partial charge on any atom is 0.253 e. The molecule has 1 unspecified atom stereocenters. The van der Waals surface area contributed by atoms with E-state index in [0.717, 1.165) is 19.7 Å². The number of rotatable bonds is 3. The Morgan fingerprint density at radius 2 is 2.29 bits per heavy atom. The van der Waals surface area contributed by atoms with Gasteiger partial charge >= 0.3 is 0 Å². The molecule has 1 N–H and O–H groups in total. The van der Waals surface area contributed by atoms with Crippen molar-refractivity contribution in [2.75, 3.05) is 12.3 Å². The average Bonchev–Trinajstić information content (AvgIpc) is 2.67. The molecular weight excluding hydrogens is 386 g/mol. The molecule has 0 aromatic carbocycles. The zero-order valence-electron chi connectivity index (χ0n) is 9.17. The van der Waals surface area contributed by atoms with Crippen LogP contribution in [-0.4, -0.2) is 23.5 Å². The van der Waals surface area contributed by atoms with Crippen molar-refractivity contribution in [1.82, 2.24) is 5.32 Å². The van der Waals surface area contributed by atoms with Gasteiger partial charge in [0.05, 0.1) is 13.1 Å². The lowest BCUT2D eigenvalue weighted by molar-refractivity contribution is 0.0953. The summed E-state index contributed by atoms with van der Waals surface area (Å²) in [6.45, 7) is 0.781. The summed E-state index contributed by atoms with van der Waals surface area (Å²) in [6.07, 6.45) is 3.83. The Labute approximate surface area is 126 Å². The standard InChI is InChI=1S/C11H13Br2NOS2/c12-9-5-8(10(13)17-9)11(15)14-6-7-3-1-2-4-16-7/h5,7H,1-4,6H2,(H,14,15). The van der Waals surface area contributed by atoms with Gasteiger partial charge in [0.25, 0.3) is 5.91 Å². The van der Waals surface area contributed by atoms with Gasteiger partial charge in [-0.25, -0.2) is 0 Å². The molecule has 0 spiro atoms. The molecule has 1 aliphatic rings. The third-order valence-electron chi connectivity index (χ3n) is 2.67. The summed E-state index contributed by atoms with van der Waals surface area (Å²) in [5, 5.41) is 3.61. The first kappa shape index (κ1) is 13.9. The fourth-order valence-electron chi connectivity index (χ4n) is 1.77. The molecule has 2 rings (SSSR count). The van der Waals surface area contributed by atoms with E-state index in [4.69, 9.17) is 0 Å². The van der Waals surface area contributed by atoms with E-state index in [1.165, 1.54) is 36.4 Å². The van der Waals surface area contributed by atoms with Crippen molar-refractivity contribution in [3.8, 4) is 0 Å². The fraction of sp³-hybridized carbons (Fsp3) is 0.545. The Hall–Kier alpha value is 0.480. The van der Waals surface area contributed by atoms with Crippen molar-refractivity contribution in [3.63, 3.8) is 0 Å². The second kappa shape index (κ2) is 6.59. The molecule has 0 bridgehead atoms. The molecular formula is C11H13Br2NOS2. The number of hydrogen-bond acceptors (Lipinski definition) is 3. The van der Waals surface area contributed by atoms with E-state index in [-0.39, 0.29) is 5.91 Å². The highest BCUT2D eigenvalue weighted by atomic mass is 79.9. The molecule has 0 saturated carbocycles. The third-order valence-corrected chi connectivity index (χ3v) is 6.40. The summed E-state index contributed by atoms with van der Waals surface area (Å²) >= 11 is 10.3. The molecule has 6 heteroatoms. The SMILES string of the molecule is O=C(NCC1CCCCS1)c1cc(Br)sc1Br. The van der Waals surface area contributed by atoms with Gasteiger partial charge in [-0.3, -0.25) is 4.79 Å². The summed E-state index contributed by atoms with van der Waals surface area (Å²) in [4.78, 5) is 12.0. The van der Waals surface area contributed by atoms with Crippen molar-refractivity contribution in [2.45, 2.75) is 24.5 Å². The van der Waals surface area contributed by atoms with Crippen LogP contribution < -0.4 is 5.32 Å². The van der Waals surface area contributed by atoms with Crippen molar-refractivity contribution < 1.29 is 4.79 Å². The quantitative estimate of drug-likeness (QED) is 0.822. The van der Waals surface area contributed by atoms with Crippen LogP contribution in [0.15, 0.2) is 13.6 Å². The van der Waals surface area contributed by atoms with E-state index in [2.05, 4.69) is 37.2 Å². The average molecular weight is 399 g/mol. The highest BCUT2D eigenvalue weighted by molar-refractivity contribution is 9.12. The third kappa shape index (κ3) is 3.98. The number of nitrogens with one attached hydrogen (secondary N) is 1. The highest BCUT2D eigenvalue weighted by Gasteiger charge is 2.17. The van der Waals surface area contributed by atoms with E-state index >= 15 is 0 Å². The maximum atomic E-state index is 12.0. The summed E-state index contributed by atoms with van der Waals surface area (Å²) in [7, 11) is 0. The van der Waals surface area contributed by atoms with Crippen LogP contribution in [0.25, 0.3) is 0 Å². The number of thioether (sulfide) groups is 1. The monoisotopic (exact) mass is 397 g/mol. The van der Waals surface area contributed by atoms with E-state index < -0.39 is 0 Å². The zero-order chi connectivity index (χ0) is 12.3. The second-order valence-corrected chi connectivity index (χ2v) is 9.09. The molecule has 94 valence electrons. The Bertz CT molecular complexity index is 402. The van der Waals surface area contributed by atoms with E-state index in [1.54, 1.807) is 0 Å². The molecule has 17 heavy (non-hydrogen) atoms. The Kier molecular flexibility index (Phi) is 5.39. The van der Waals surface area contributed by atoms with Gasteiger partial charge in [-0.1, -0.05) is 6.42 Å². The molecule has 0 aliphatic carbocycles. The van der Waals surface area contributed by atoms with Gasteiger partial charge in [0, 0.05) is 11.8 Å². The van der Waals surface area contributed by atoms with E-state index in [9.17, 15) is 4.79 Å². The second-order valence-electron chi connectivity index (χ2n) is 3.94. The molecule has 2 nitrogen and oxygen atoms in total. The Morgan fingerprint density at radius 3 is 2.88 bits per heavy atom. The first-order valence-electron chi connectivity index (χ1n) is 5.51. The minimum absolute atomic E-state index is 0.0185. The van der Waals surface area contributed by atoms with Crippen LogP contribution in [-0.2, 0) is 0 Å². The van der Waals surface area contributed by atoms with Gasteiger partial charge < -0.3 is 5.32 Å². The minimum atomic E-state index is 0.0185. The largest absolute Gasteiger partial charge is 0.351 e. The summed E-state index contributed by atoms with van der Waals surface area (Å²) in [5.74, 6) is 1.25. The predicted octanol–water partition coefficient (Wildman–Crippen LogP) is 4.29.